The average molecular weight is 256 g/mol. The molecule has 4 heteroatoms. The molecule has 2 aromatic rings. The standard InChI is InChI=1S/C15H16N2O2/c1-19-15(18)11-7-8-14-12(9-11)10-17(16-14)13-5-3-2-4-6-13/h2-6,10-11H,7-9H2,1H3. The van der Waals surface area contributed by atoms with Gasteiger partial charge in [-0.2, -0.15) is 5.10 Å². The minimum absolute atomic E-state index is 0.0223. The fourth-order valence-corrected chi connectivity index (χ4v) is 2.59. The number of carbonyl (C=O) groups is 1. The number of nitrogens with zero attached hydrogens (tertiary/aromatic N) is 2. The summed E-state index contributed by atoms with van der Waals surface area (Å²) in [5, 5.41) is 4.61. The van der Waals surface area contributed by atoms with Gasteiger partial charge in [0.1, 0.15) is 0 Å². The van der Waals surface area contributed by atoms with E-state index in [4.69, 9.17) is 4.74 Å². The smallest absolute Gasteiger partial charge is 0.309 e. The van der Waals surface area contributed by atoms with Gasteiger partial charge in [-0.05, 0) is 37.0 Å². The van der Waals surface area contributed by atoms with E-state index in [0.29, 0.717) is 0 Å². The van der Waals surface area contributed by atoms with Crippen LogP contribution in [0.5, 0.6) is 0 Å². The predicted molar refractivity (Wildman–Crippen MR) is 71.1 cm³/mol. The van der Waals surface area contributed by atoms with Crippen LogP contribution in [0.15, 0.2) is 36.5 Å². The van der Waals surface area contributed by atoms with E-state index in [0.717, 1.165) is 36.2 Å². The van der Waals surface area contributed by atoms with Crippen LogP contribution >= 0.6 is 0 Å². The zero-order chi connectivity index (χ0) is 13.2. The Morgan fingerprint density at radius 1 is 1.37 bits per heavy atom. The highest BCUT2D eigenvalue weighted by molar-refractivity contribution is 5.73. The van der Waals surface area contributed by atoms with E-state index < -0.39 is 0 Å². The molecule has 0 radical (unpaired) electrons. The first-order valence-corrected chi connectivity index (χ1v) is 6.48. The van der Waals surface area contributed by atoms with Gasteiger partial charge in [0.25, 0.3) is 0 Å². The Morgan fingerprint density at radius 3 is 2.89 bits per heavy atom. The molecule has 0 bridgehead atoms. The third-order valence-electron chi connectivity index (χ3n) is 3.63. The summed E-state index contributed by atoms with van der Waals surface area (Å²) in [5.41, 5.74) is 3.31. The fourth-order valence-electron chi connectivity index (χ4n) is 2.59. The highest BCUT2D eigenvalue weighted by atomic mass is 16.5. The zero-order valence-electron chi connectivity index (χ0n) is 10.9. The number of ether oxygens (including phenoxy) is 1. The molecule has 0 amide bonds. The van der Waals surface area contributed by atoms with Crippen molar-refractivity contribution in [3.05, 3.63) is 47.8 Å². The quantitative estimate of drug-likeness (QED) is 0.773. The Morgan fingerprint density at radius 2 is 2.16 bits per heavy atom. The minimum Gasteiger partial charge on any atom is -0.469 e. The summed E-state index contributed by atoms with van der Waals surface area (Å²) in [7, 11) is 1.45. The molecule has 19 heavy (non-hydrogen) atoms. The number of fused-ring (bicyclic) bond motifs is 1. The van der Waals surface area contributed by atoms with Crippen molar-refractivity contribution in [3.63, 3.8) is 0 Å². The first-order valence-electron chi connectivity index (χ1n) is 6.48. The van der Waals surface area contributed by atoms with Crippen LogP contribution in [0.2, 0.25) is 0 Å². The maximum absolute atomic E-state index is 11.6. The molecule has 4 nitrogen and oxygen atoms in total. The van der Waals surface area contributed by atoms with Gasteiger partial charge in [0.05, 0.1) is 24.4 Å². The molecule has 0 fully saturated rings. The van der Waals surface area contributed by atoms with Crippen molar-refractivity contribution >= 4 is 5.97 Å². The number of methoxy groups -OCH3 is 1. The van der Waals surface area contributed by atoms with Crippen LogP contribution in [0.4, 0.5) is 0 Å². The van der Waals surface area contributed by atoms with Crippen molar-refractivity contribution in [2.45, 2.75) is 19.3 Å². The topological polar surface area (TPSA) is 44.1 Å². The zero-order valence-corrected chi connectivity index (χ0v) is 10.9. The van der Waals surface area contributed by atoms with E-state index in [1.807, 2.05) is 41.2 Å². The predicted octanol–water partition coefficient (Wildman–Crippen LogP) is 2.15. The van der Waals surface area contributed by atoms with Crippen LogP contribution in [0.3, 0.4) is 0 Å². The van der Waals surface area contributed by atoms with Gasteiger partial charge in [-0.25, -0.2) is 4.68 Å². The molecule has 1 unspecified atom stereocenters. The van der Waals surface area contributed by atoms with Crippen LogP contribution in [-0.4, -0.2) is 22.9 Å². The van der Waals surface area contributed by atoms with Gasteiger partial charge in [-0.15, -0.1) is 0 Å². The molecule has 1 heterocycles. The average Bonchev–Trinajstić information content (AvgIpc) is 2.90. The Bertz CT molecular complexity index is 589. The van der Waals surface area contributed by atoms with E-state index in [9.17, 15) is 4.79 Å². The second-order valence-electron chi connectivity index (χ2n) is 4.84. The molecular weight excluding hydrogens is 240 g/mol. The summed E-state index contributed by atoms with van der Waals surface area (Å²) in [5.74, 6) is -0.135. The number of aryl methyl sites for hydroxylation is 1. The van der Waals surface area contributed by atoms with Crippen molar-refractivity contribution in [1.29, 1.82) is 0 Å². The van der Waals surface area contributed by atoms with E-state index in [2.05, 4.69) is 5.10 Å². The number of hydrogen-bond acceptors (Lipinski definition) is 3. The first kappa shape index (κ1) is 12.0. The molecule has 0 saturated heterocycles. The lowest BCUT2D eigenvalue weighted by Crippen LogP contribution is -2.23. The third kappa shape index (κ3) is 2.26. The summed E-state index contributed by atoms with van der Waals surface area (Å²) in [6, 6.07) is 10.0. The minimum atomic E-state index is -0.113. The Kier molecular flexibility index (Phi) is 3.07. The second-order valence-corrected chi connectivity index (χ2v) is 4.84. The van der Waals surface area contributed by atoms with E-state index in [1.54, 1.807) is 0 Å². The number of carbonyl (C=O) groups excluding carboxylic acids is 1. The van der Waals surface area contributed by atoms with Crippen molar-refractivity contribution in [3.8, 4) is 5.69 Å². The van der Waals surface area contributed by atoms with Gasteiger partial charge < -0.3 is 4.74 Å². The van der Waals surface area contributed by atoms with Crippen LogP contribution in [0, 0.1) is 5.92 Å². The SMILES string of the molecule is COC(=O)C1CCc2nn(-c3ccccc3)cc2C1. The summed E-state index contributed by atoms with van der Waals surface area (Å²) in [4.78, 5) is 11.6. The van der Waals surface area contributed by atoms with E-state index in [1.165, 1.54) is 7.11 Å². The summed E-state index contributed by atoms with van der Waals surface area (Å²) in [6.07, 6.45) is 4.43. The van der Waals surface area contributed by atoms with Gasteiger partial charge in [0.2, 0.25) is 0 Å². The van der Waals surface area contributed by atoms with Crippen LogP contribution in [0.1, 0.15) is 17.7 Å². The molecule has 0 spiro atoms. The maximum Gasteiger partial charge on any atom is 0.309 e. The molecule has 1 aliphatic rings. The maximum atomic E-state index is 11.6. The fraction of sp³-hybridized carbons (Fsp3) is 0.333. The Labute approximate surface area is 112 Å². The van der Waals surface area contributed by atoms with Gasteiger partial charge in [0.15, 0.2) is 0 Å². The summed E-state index contributed by atoms with van der Waals surface area (Å²) >= 11 is 0. The molecule has 0 N–H and O–H groups in total. The molecule has 1 atom stereocenters. The van der Waals surface area contributed by atoms with Crippen molar-refractivity contribution in [1.82, 2.24) is 9.78 Å². The van der Waals surface area contributed by atoms with Crippen molar-refractivity contribution in [2.75, 3.05) is 7.11 Å². The Hall–Kier alpha value is -2.10. The molecule has 98 valence electrons. The van der Waals surface area contributed by atoms with Crippen molar-refractivity contribution < 1.29 is 9.53 Å². The number of rotatable bonds is 2. The highest BCUT2D eigenvalue weighted by Gasteiger charge is 2.27. The van der Waals surface area contributed by atoms with Crippen LogP contribution < -0.4 is 0 Å². The second kappa shape index (κ2) is 4.88. The lowest BCUT2D eigenvalue weighted by atomic mass is 9.88. The van der Waals surface area contributed by atoms with Crippen molar-refractivity contribution in [2.24, 2.45) is 5.92 Å². The number of aromatic nitrogens is 2. The van der Waals surface area contributed by atoms with E-state index >= 15 is 0 Å². The third-order valence-corrected chi connectivity index (χ3v) is 3.63. The lowest BCUT2D eigenvalue weighted by molar-refractivity contribution is -0.145. The van der Waals surface area contributed by atoms with Gasteiger partial charge in [0, 0.05) is 6.20 Å². The normalized spacial score (nSPS) is 17.8. The number of para-hydroxylation sites is 1. The number of benzene rings is 1. The number of hydrogen-bond donors (Lipinski definition) is 0. The van der Waals surface area contributed by atoms with Crippen LogP contribution in [-0.2, 0) is 22.4 Å². The van der Waals surface area contributed by atoms with Gasteiger partial charge in [-0.3, -0.25) is 4.79 Å². The van der Waals surface area contributed by atoms with Gasteiger partial charge in [-0.1, -0.05) is 18.2 Å². The molecule has 0 aliphatic heterocycles. The molecule has 1 aromatic carbocycles. The monoisotopic (exact) mass is 256 g/mol. The van der Waals surface area contributed by atoms with Gasteiger partial charge >= 0.3 is 5.97 Å². The first-order chi connectivity index (χ1) is 9.28. The number of esters is 1. The largest absolute Gasteiger partial charge is 0.469 e. The molecule has 0 saturated carbocycles. The van der Waals surface area contributed by atoms with E-state index in [-0.39, 0.29) is 11.9 Å². The summed E-state index contributed by atoms with van der Waals surface area (Å²) < 4.78 is 6.72. The molecule has 1 aliphatic carbocycles. The molecular formula is C15H16N2O2. The summed E-state index contributed by atoms with van der Waals surface area (Å²) in [6.45, 7) is 0. The Balaban J connectivity index is 1.87. The molecule has 1 aromatic heterocycles. The van der Waals surface area contributed by atoms with Crippen LogP contribution in [0.25, 0.3) is 5.69 Å². The highest BCUT2D eigenvalue weighted by Crippen LogP contribution is 2.26. The lowest BCUT2D eigenvalue weighted by Gasteiger charge is -2.18. The molecule has 3 rings (SSSR count).